The van der Waals surface area contributed by atoms with E-state index in [1.807, 2.05) is 43.3 Å². The van der Waals surface area contributed by atoms with Crippen LogP contribution in [0.5, 0.6) is 0 Å². The summed E-state index contributed by atoms with van der Waals surface area (Å²) in [5, 5.41) is 9.87. The maximum atomic E-state index is 12.5. The SMILES string of the molecule is Cc1ccc(C(=O)NC2CC2)cc1-c1ccc2nc(N[C@@]3(N)CCC(=O)NC3)ncc2c1. The van der Waals surface area contributed by atoms with Crippen LogP contribution >= 0.6 is 0 Å². The number of fused-ring (bicyclic) bond motifs is 1. The summed E-state index contributed by atoms with van der Waals surface area (Å²) in [6.07, 6.45) is 4.77. The lowest BCUT2D eigenvalue weighted by Crippen LogP contribution is -2.59. The molecular formula is C24H26N6O2. The van der Waals surface area contributed by atoms with Crippen LogP contribution in [0.15, 0.2) is 42.6 Å². The second kappa shape index (κ2) is 7.87. The highest BCUT2D eigenvalue weighted by molar-refractivity contribution is 5.96. The molecule has 1 saturated carbocycles. The van der Waals surface area contributed by atoms with Crippen LogP contribution < -0.4 is 21.7 Å². The first-order chi connectivity index (χ1) is 15.4. The van der Waals surface area contributed by atoms with Gasteiger partial charge in [0.2, 0.25) is 11.9 Å². The molecule has 164 valence electrons. The van der Waals surface area contributed by atoms with Crippen LogP contribution in [0.1, 0.15) is 41.6 Å². The Morgan fingerprint density at radius 1 is 1.22 bits per heavy atom. The van der Waals surface area contributed by atoms with Gasteiger partial charge >= 0.3 is 0 Å². The Kier molecular flexibility index (Phi) is 5.01. The van der Waals surface area contributed by atoms with Gasteiger partial charge in [0.1, 0.15) is 5.66 Å². The van der Waals surface area contributed by atoms with E-state index in [0.29, 0.717) is 36.9 Å². The molecule has 1 atom stereocenters. The van der Waals surface area contributed by atoms with E-state index in [-0.39, 0.29) is 11.8 Å². The molecule has 1 aliphatic heterocycles. The quantitative estimate of drug-likeness (QED) is 0.461. The Morgan fingerprint density at radius 3 is 2.81 bits per heavy atom. The number of rotatable bonds is 5. The molecule has 0 radical (unpaired) electrons. The lowest BCUT2D eigenvalue weighted by Gasteiger charge is -2.34. The van der Waals surface area contributed by atoms with Gasteiger partial charge < -0.3 is 21.7 Å². The largest absolute Gasteiger partial charge is 0.352 e. The maximum Gasteiger partial charge on any atom is 0.251 e. The molecule has 0 spiro atoms. The molecule has 2 aliphatic rings. The second-order valence-electron chi connectivity index (χ2n) is 8.80. The third-order valence-electron chi connectivity index (χ3n) is 6.06. The standard InChI is InChI=1S/C24H26N6O2/c1-14-2-3-16(22(32)28-18-5-6-18)11-19(14)15-4-7-20-17(10-15)12-26-23(29-20)30-24(25)9-8-21(31)27-13-24/h2-4,7,10-12,18H,5-6,8-9,13,25H2,1H3,(H,27,31)(H,28,32)(H,26,29,30)/t24-/m0/s1. The lowest BCUT2D eigenvalue weighted by atomic mass is 9.97. The molecule has 0 unspecified atom stereocenters. The van der Waals surface area contributed by atoms with E-state index in [1.54, 1.807) is 6.20 Å². The van der Waals surface area contributed by atoms with Crippen LogP contribution in [0.3, 0.4) is 0 Å². The van der Waals surface area contributed by atoms with E-state index in [1.165, 1.54) is 0 Å². The average molecular weight is 431 g/mol. The Labute approximate surface area is 186 Å². The molecule has 2 amide bonds. The lowest BCUT2D eigenvalue weighted by molar-refractivity contribution is -0.123. The maximum absolute atomic E-state index is 12.5. The van der Waals surface area contributed by atoms with Gasteiger partial charge in [-0.2, -0.15) is 0 Å². The van der Waals surface area contributed by atoms with Crippen LogP contribution in [0.4, 0.5) is 5.95 Å². The first-order valence-electron chi connectivity index (χ1n) is 10.9. The third kappa shape index (κ3) is 4.27. The molecule has 2 heterocycles. The fourth-order valence-electron chi connectivity index (χ4n) is 3.93. The van der Waals surface area contributed by atoms with Crippen molar-refractivity contribution in [2.45, 2.75) is 44.3 Å². The van der Waals surface area contributed by atoms with Gasteiger partial charge in [-0.15, -0.1) is 0 Å². The molecule has 2 fully saturated rings. The summed E-state index contributed by atoms with van der Waals surface area (Å²) in [7, 11) is 0. The number of hydrogen-bond donors (Lipinski definition) is 4. The Bertz CT molecular complexity index is 1210. The molecule has 8 heteroatoms. The number of piperidine rings is 1. The average Bonchev–Trinajstić information content (AvgIpc) is 3.60. The fourth-order valence-corrected chi connectivity index (χ4v) is 3.93. The van der Waals surface area contributed by atoms with Crippen molar-refractivity contribution in [2.75, 3.05) is 11.9 Å². The predicted molar refractivity (Wildman–Crippen MR) is 123 cm³/mol. The van der Waals surface area contributed by atoms with Crippen LogP contribution in [0, 0.1) is 6.92 Å². The van der Waals surface area contributed by atoms with Crippen molar-refractivity contribution < 1.29 is 9.59 Å². The minimum Gasteiger partial charge on any atom is -0.352 e. The van der Waals surface area contributed by atoms with Crippen molar-refractivity contribution in [1.82, 2.24) is 20.6 Å². The van der Waals surface area contributed by atoms with Crippen LogP contribution in [0.2, 0.25) is 0 Å². The summed E-state index contributed by atoms with van der Waals surface area (Å²) in [6, 6.07) is 12.1. The number of nitrogens with one attached hydrogen (secondary N) is 3. The number of nitrogens with zero attached hydrogens (tertiary/aromatic N) is 2. The van der Waals surface area contributed by atoms with Crippen LogP contribution in [-0.4, -0.2) is 40.0 Å². The molecular weight excluding hydrogens is 404 g/mol. The van der Waals surface area contributed by atoms with Crippen molar-refractivity contribution in [1.29, 1.82) is 0 Å². The number of anilines is 1. The summed E-state index contributed by atoms with van der Waals surface area (Å²) < 4.78 is 0. The Balaban J connectivity index is 1.40. The highest BCUT2D eigenvalue weighted by atomic mass is 16.2. The summed E-state index contributed by atoms with van der Waals surface area (Å²) >= 11 is 0. The summed E-state index contributed by atoms with van der Waals surface area (Å²) in [4.78, 5) is 32.9. The van der Waals surface area contributed by atoms with Crippen molar-refractivity contribution in [3.05, 3.63) is 53.7 Å². The number of carbonyl (C=O) groups excluding carboxylic acids is 2. The molecule has 1 aliphatic carbocycles. The van der Waals surface area contributed by atoms with Crippen LogP contribution in [0.25, 0.3) is 22.0 Å². The zero-order valence-corrected chi connectivity index (χ0v) is 17.9. The van der Waals surface area contributed by atoms with Crippen LogP contribution in [-0.2, 0) is 4.79 Å². The smallest absolute Gasteiger partial charge is 0.251 e. The monoisotopic (exact) mass is 430 g/mol. The van der Waals surface area contributed by atoms with Crippen molar-refractivity contribution in [3.8, 4) is 11.1 Å². The Morgan fingerprint density at radius 2 is 2.06 bits per heavy atom. The first kappa shape index (κ1) is 20.4. The summed E-state index contributed by atoms with van der Waals surface area (Å²) in [6.45, 7) is 2.37. The van der Waals surface area contributed by atoms with Gasteiger partial charge in [-0.1, -0.05) is 12.1 Å². The second-order valence-corrected chi connectivity index (χ2v) is 8.80. The van der Waals surface area contributed by atoms with Gasteiger partial charge in [-0.3, -0.25) is 9.59 Å². The highest BCUT2D eigenvalue weighted by Gasteiger charge is 2.31. The van der Waals surface area contributed by atoms with E-state index in [2.05, 4.69) is 25.9 Å². The van der Waals surface area contributed by atoms with Gasteiger partial charge in [-0.05, 0) is 67.1 Å². The number of hydrogen-bond acceptors (Lipinski definition) is 6. The minimum atomic E-state index is -0.764. The zero-order chi connectivity index (χ0) is 22.3. The molecule has 3 aromatic rings. The molecule has 1 aromatic heterocycles. The van der Waals surface area contributed by atoms with Gasteiger partial charge in [-0.25, -0.2) is 9.97 Å². The minimum absolute atomic E-state index is 0.00391. The fraction of sp³-hybridized carbons (Fsp3) is 0.333. The summed E-state index contributed by atoms with van der Waals surface area (Å²) in [5.74, 6) is 0.409. The van der Waals surface area contributed by atoms with E-state index < -0.39 is 5.66 Å². The molecule has 8 nitrogen and oxygen atoms in total. The topological polar surface area (TPSA) is 122 Å². The molecule has 1 saturated heterocycles. The van der Waals surface area contributed by atoms with Crippen molar-refractivity contribution in [2.24, 2.45) is 5.73 Å². The van der Waals surface area contributed by atoms with Gasteiger partial charge in [0, 0.05) is 29.6 Å². The first-order valence-corrected chi connectivity index (χ1v) is 10.9. The Hall–Kier alpha value is -3.52. The third-order valence-corrected chi connectivity index (χ3v) is 6.06. The highest BCUT2D eigenvalue weighted by Crippen LogP contribution is 2.28. The van der Waals surface area contributed by atoms with E-state index >= 15 is 0 Å². The number of aryl methyl sites for hydroxylation is 1. The molecule has 32 heavy (non-hydrogen) atoms. The van der Waals surface area contributed by atoms with Gasteiger partial charge in [0.05, 0.1) is 12.1 Å². The zero-order valence-electron chi connectivity index (χ0n) is 17.9. The molecule has 0 bridgehead atoms. The van der Waals surface area contributed by atoms with E-state index in [4.69, 9.17) is 5.73 Å². The van der Waals surface area contributed by atoms with Crippen molar-refractivity contribution >= 4 is 28.7 Å². The normalized spacial score (nSPS) is 20.6. The summed E-state index contributed by atoms with van der Waals surface area (Å²) in [5.41, 5.74) is 10.1. The predicted octanol–water partition coefficient (Wildman–Crippen LogP) is 2.47. The van der Waals surface area contributed by atoms with E-state index in [0.717, 1.165) is 40.4 Å². The number of aromatic nitrogens is 2. The van der Waals surface area contributed by atoms with Crippen molar-refractivity contribution in [3.63, 3.8) is 0 Å². The number of nitrogens with two attached hydrogens (primary N) is 1. The number of carbonyl (C=O) groups is 2. The van der Waals surface area contributed by atoms with Gasteiger partial charge in [0.25, 0.3) is 5.91 Å². The van der Waals surface area contributed by atoms with Gasteiger partial charge in [0.15, 0.2) is 0 Å². The molecule has 5 rings (SSSR count). The molecule has 2 aromatic carbocycles. The molecule has 5 N–H and O–H groups in total. The number of benzene rings is 2. The van der Waals surface area contributed by atoms with E-state index in [9.17, 15) is 9.59 Å². The number of amides is 2.